The van der Waals surface area contributed by atoms with Crippen LogP contribution in [0.5, 0.6) is 0 Å². The number of rotatable bonds is 5. The molecule has 0 amide bonds. The largest absolute Gasteiger partial charge is 0.311 e. The number of nitrogens with zero attached hydrogens (tertiary/aromatic N) is 1. The quantitative estimate of drug-likeness (QED) is 0.883. The van der Waals surface area contributed by atoms with E-state index in [0.717, 1.165) is 12.1 Å². The maximum absolute atomic E-state index is 9.22. The van der Waals surface area contributed by atoms with Gasteiger partial charge in [-0.05, 0) is 18.1 Å². The van der Waals surface area contributed by atoms with Gasteiger partial charge in [-0.15, -0.1) is 0 Å². The SMILES string of the molecule is Cc1ccc(CNCC(C#N)c2ccccc2)cc1. The molecule has 96 valence electrons. The molecular formula is C17H18N2. The van der Waals surface area contributed by atoms with Crippen LogP contribution >= 0.6 is 0 Å². The molecule has 0 radical (unpaired) electrons. The molecule has 0 bridgehead atoms. The minimum Gasteiger partial charge on any atom is -0.311 e. The number of nitrogens with one attached hydrogen (secondary N) is 1. The van der Waals surface area contributed by atoms with Crippen molar-refractivity contribution in [2.75, 3.05) is 6.54 Å². The summed E-state index contributed by atoms with van der Waals surface area (Å²) in [5.74, 6) is -0.0911. The summed E-state index contributed by atoms with van der Waals surface area (Å²) in [4.78, 5) is 0. The average Bonchev–Trinajstić information content (AvgIpc) is 2.46. The van der Waals surface area contributed by atoms with Crippen molar-refractivity contribution in [1.29, 1.82) is 5.26 Å². The molecule has 2 aromatic carbocycles. The van der Waals surface area contributed by atoms with Crippen LogP contribution in [0.4, 0.5) is 0 Å². The summed E-state index contributed by atoms with van der Waals surface area (Å²) in [5, 5.41) is 12.6. The van der Waals surface area contributed by atoms with Crippen molar-refractivity contribution in [1.82, 2.24) is 5.32 Å². The van der Waals surface area contributed by atoms with E-state index in [-0.39, 0.29) is 5.92 Å². The molecule has 19 heavy (non-hydrogen) atoms. The molecular weight excluding hydrogens is 232 g/mol. The second-order valence-corrected chi connectivity index (χ2v) is 4.71. The van der Waals surface area contributed by atoms with Crippen LogP contribution in [0.15, 0.2) is 54.6 Å². The molecule has 0 heterocycles. The normalized spacial score (nSPS) is 11.8. The Morgan fingerprint density at radius 3 is 2.37 bits per heavy atom. The van der Waals surface area contributed by atoms with E-state index in [1.807, 2.05) is 30.3 Å². The third kappa shape index (κ3) is 3.94. The number of hydrogen-bond donors (Lipinski definition) is 1. The highest BCUT2D eigenvalue weighted by Gasteiger charge is 2.08. The first-order valence-electron chi connectivity index (χ1n) is 6.50. The predicted octanol–water partition coefficient (Wildman–Crippen LogP) is 3.39. The number of aryl methyl sites for hydroxylation is 1. The minimum absolute atomic E-state index is 0.0911. The van der Waals surface area contributed by atoms with Crippen LogP contribution in [0.1, 0.15) is 22.6 Å². The molecule has 0 aliphatic rings. The summed E-state index contributed by atoms with van der Waals surface area (Å²) in [5.41, 5.74) is 3.58. The molecule has 0 aliphatic carbocycles. The lowest BCUT2D eigenvalue weighted by atomic mass is 10.0. The van der Waals surface area contributed by atoms with Crippen molar-refractivity contribution in [3.63, 3.8) is 0 Å². The fourth-order valence-corrected chi connectivity index (χ4v) is 1.99. The van der Waals surface area contributed by atoms with Gasteiger partial charge in [-0.25, -0.2) is 0 Å². The summed E-state index contributed by atoms with van der Waals surface area (Å²) in [7, 11) is 0. The Labute approximate surface area is 114 Å². The van der Waals surface area contributed by atoms with Gasteiger partial charge in [-0.2, -0.15) is 5.26 Å². The second-order valence-electron chi connectivity index (χ2n) is 4.71. The van der Waals surface area contributed by atoms with E-state index in [0.29, 0.717) is 6.54 Å². The van der Waals surface area contributed by atoms with Crippen LogP contribution in [0.3, 0.4) is 0 Å². The van der Waals surface area contributed by atoms with Crippen LogP contribution in [-0.4, -0.2) is 6.54 Å². The Morgan fingerprint density at radius 1 is 1.05 bits per heavy atom. The molecule has 0 saturated heterocycles. The van der Waals surface area contributed by atoms with Crippen molar-refractivity contribution in [2.24, 2.45) is 0 Å². The zero-order chi connectivity index (χ0) is 13.5. The fourth-order valence-electron chi connectivity index (χ4n) is 1.99. The van der Waals surface area contributed by atoms with Gasteiger partial charge in [-0.3, -0.25) is 0 Å². The molecule has 0 aliphatic heterocycles. The van der Waals surface area contributed by atoms with Gasteiger partial charge < -0.3 is 5.32 Å². The van der Waals surface area contributed by atoms with Crippen LogP contribution in [0.25, 0.3) is 0 Å². The van der Waals surface area contributed by atoms with E-state index in [2.05, 4.69) is 42.6 Å². The number of hydrogen-bond acceptors (Lipinski definition) is 2. The first-order chi connectivity index (χ1) is 9.29. The van der Waals surface area contributed by atoms with Crippen LogP contribution in [0, 0.1) is 18.3 Å². The molecule has 2 heteroatoms. The molecule has 2 aromatic rings. The van der Waals surface area contributed by atoms with Gasteiger partial charge in [0.1, 0.15) is 0 Å². The predicted molar refractivity (Wildman–Crippen MR) is 77.7 cm³/mol. The Kier molecular flexibility index (Phi) is 4.72. The van der Waals surface area contributed by atoms with Gasteiger partial charge in [0.15, 0.2) is 0 Å². The van der Waals surface area contributed by atoms with E-state index in [1.165, 1.54) is 11.1 Å². The lowest BCUT2D eigenvalue weighted by Crippen LogP contribution is -2.20. The van der Waals surface area contributed by atoms with Crippen molar-refractivity contribution in [3.05, 3.63) is 71.3 Å². The van der Waals surface area contributed by atoms with Gasteiger partial charge in [0.2, 0.25) is 0 Å². The second kappa shape index (κ2) is 6.72. The van der Waals surface area contributed by atoms with E-state index >= 15 is 0 Å². The lowest BCUT2D eigenvalue weighted by molar-refractivity contribution is 0.652. The van der Waals surface area contributed by atoms with Gasteiger partial charge in [0.05, 0.1) is 12.0 Å². The zero-order valence-electron chi connectivity index (χ0n) is 11.1. The molecule has 0 fully saturated rings. The fraction of sp³-hybridized carbons (Fsp3) is 0.235. The van der Waals surface area contributed by atoms with E-state index in [9.17, 15) is 5.26 Å². The van der Waals surface area contributed by atoms with Gasteiger partial charge >= 0.3 is 0 Å². The number of nitriles is 1. The zero-order valence-corrected chi connectivity index (χ0v) is 11.1. The Morgan fingerprint density at radius 2 is 1.74 bits per heavy atom. The van der Waals surface area contributed by atoms with Crippen LogP contribution in [0.2, 0.25) is 0 Å². The van der Waals surface area contributed by atoms with Crippen LogP contribution < -0.4 is 5.32 Å². The lowest BCUT2D eigenvalue weighted by Gasteiger charge is -2.11. The molecule has 2 rings (SSSR count). The molecule has 1 atom stereocenters. The maximum atomic E-state index is 9.22. The summed E-state index contributed by atoms with van der Waals surface area (Å²) < 4.78 is 0. The van der Waals surface area contributed by atoms with Crippen molar-refractivity contribution in [2.45, 2.75) is 19.4 Å². The van der Waals surface area contributed by atoms with E-state index in [4.69, 9.17) is 0 Å². The van der Waals surface area contributed by atoms with Crippen molar-refractivity contribution >= 4 is 0 Å². The molecule has 2 nitrogen and oxygen atoms in total. The molecule has 1 unspecified atom stereocenters. The highest BCUT2D eigenvalue weighted by Crippen LogP contribution is 2.13. The first-order valence-corrected chi connectivity index (χ1v) is 6.50. The highest BCUT2D eigenvalue weighted by molar-refractivity contribution is 5.25. The smallest absolute Gasteiger partial charge is 0.0837 e. The molecule has 1 N–H and O–H groups in total. The standard InChI is InChI=1S/C17H18N2/c1-14-7-9-15(10-8-14)12-19-13-17(11-18)16-5-3-2-4-6-16/h2-10,17,19H,12-13H2,1H3. The summed E-state index contributed by atoms with van der Waals surface area (Å²) in [6, 6.07) is 20.7. The Bertz CT molecular complexity index is 538. The van der Waals surface area contributed by atoms with E-state index < -0.39 is 0 Å². The van der Waals surface area contributed by atoms with Gasteiger partial charge in [0.25, 0.3) is 0 Å². The third-order valence-electron chi connectivity index (χ3n) is 3.16. The summed E-state index contributed by atoms with van der Waals surface area (Å²) in [6.07, 6.45) is 0. The van der Waals surface area contributed by atoms with Gasteiger partial charge in [-0.1, -0.05) is 60.2 Å². The Balaban J connectivity index is 1.88. The summed E-state index contributed by atoms with van der Waals surface area (Å²) in [6.45, 7) is 3.55. The number of benzene rings is 2. The summed E-state index contributed by atoms with van der Waals surface area (Å²) >= 11 is 0. The van der Waals surface area contributed by atoms with E-state index in [1.54, 1.807) is 0 Å². The first kappa shape index (κ1) is 13.3. The average molecular weight is 250 g/mol. The minimum atomic E-state index is -0.0911. The van der Waals surface area contributed by atoms with Crippen LogP contribution in [-0.2, 0) is 6.54 Å². The van der Waals surface area contributed by atoms with Crippen molar-refractivity contribution in [3.8, 4) is 6.07 Å². The topological polar surface area (TPSA) is 35.8 Å². The van der Waals surface area contributed by atoms with Crippen molar-refractivity contribution < 1.29 is 0 Å². The molecule has 0 saturated carbocycles. The molecule has 0 aromatic heterocycles. The van der Waals surface area contributed by atoms with Gasteiger partial charge in [0, 0.05) is 13.1 Å². The highest BCUT2D eigenvalue weighted by atomic mass is 14.9. The monoisotopic (exact) mass is 250 g/mol. The Hall–Kier alpha value is -2.11. The third-order valence-corrected chi connectivity index (χ3v) is 3.16. The maximum Gasteiger partial charge on any atom is 0.0837 e. The molecule has 0 spiro atoms.